The van der Waals surface area contributed by atoms with Crippen LogP contribution in [0.3, 0.4) is 0 Å². The Morgan fingerprint density at radius 3 is 2.65 bits per heavy atom. The Labute approximate surface area is 155 Å². The molecule has 134 valence electrons. The van der Waals surface area contributed by atoms with E-state index >= 15 is 0 Å². The standard InChI is InChI=1S/C19H20N4O2S/c20-11-5-3-8-14(22-18(25)15-9-4-6-12-21-15)17(24)19-23-13-7-1-2-10-16(13)26-19/h1-2,4,6-7,9-10,12,14H,3,5,8,11,20H2,(H,22,25)/t14-/m0/s1. The van der Waals surface area contributed by atoms with E-state index in [2.05, 4.69) is 15.3 Å². The minimum atomic E-state index is -0.642. The van der Waals surface area contributed by atoms with Crippen LogP contribution in [0.15, 0.2) is 48.7 Å². The number of nitrogens with one attached hydrogen (secondary N) is 1. The molecule has 0 saturated carbocycles. The molecule has 7 heteroatoms. The third kappa shape index (κ3) is 4.30. The number of unbranched alkanes of at least 4 members (excludes halogenated alkanes) is 1. The van der Waals surface area contributed by atoms with E-state index in [1.807, 2.05) is 24.3 Å². The molecule has 3 rings (SSSR count). The number of pyridine rings is 1. The van der Waals surface area contributed by atoms with E-state index in [1.54, 1.807) is 24.4 Å². The van der Waals surface area contributed by atoms with Gasteiger partial charge in [-0.3, -0.25) is 14.6 Å². The number of hydrogen-bond donors (Lipinski definition) is 2. The molecule has 0 spiro atoms. The van der Waals surface area contributed by atoms with Gasteiger partial charge in [0.1, 0.15) is 5.69 Å². The fourth-order valence-electron chi connectivity index (χ4n) is 2.62. The average molecular weight is 368 g/mol. The summed E-state index contributed by atoms with van der Waals surface area (Å²) in [5, 5.41) is 3.22. The van der Waals surface area contributed by atoms with Crippen molar-refractivity contribution in [3.8, 4) is 0 Å². The quantitative estimate of drug-likeness (QED) is 0.471. The van der Waals surface area contributed by atoms with Crippen molar-refractivity contribution >= 4 is 33.2 Å². The van der Waals surface area contributed by atoms with E-state index in [1.165, 1.54) is 11.3 Å². The number of Topliss-reactive ketones (excluding diaryl/α,β-unsaturated/α-hetero) is 1. The third-order valence-electron chi connectivity index (χ3n) is 3.97. The van der Waals surface area contributed by atoms with Gasteiger partial charge in [-0.25, -0.2) is 4.98 Å². The van der Waals surface area contributed by atoms with Crippen LogP contribution >= 0.6 is 11.3 Å². The molecule has 1 amide bonds. The van der Waals surface area contributed by atoms with Crippen LogP contribution in [0.4, 0.5) is 0 Å². The summed E-state index contributed by atoms with van der Waals surface area (Å²) < 4.78 is 0.951. The van der Waals surface area contributed by atoms with E-state index in [-0.39, 0.29) is 17.4 Å². The number of rotatable bonds is 8. The lowest BCUT2D eigenvalue weighted by Crippen LogP contribution is -2.41. The van der Waals surface area contributed by atoms with Gasteiger partial charge in [0.25, 0.3) is 5.91 Å². The summed E-state index contributed by atoms with van der Waals surface area (Å²) in [6.45, 7) is 0.552. The topological polar surface area (TPSA) is 98.0 Å². The second kappa shape index (κ2) is 8.64. The molecule has 3 N–H and O–H groups in total. The van der Waals surface area contributed by atoms with Crippen molar-refractivity contribution in [2.75, 3.05) is 6.54 Å². The zero-order valence-corrected chi connectivity index (χ0v) is 15.0. The number of carbonyl (C=O) groups is 2. The molecule has 0 aliphatic carbocycles. The average Bonchev–Trinajstić information content (AvgIpc) is 3.11. The van der Waals surface area contributed by atoms with Crippen molar-refractivity contribution < 1.29 is 9.59 Å². The first-order valence-corrected chi connectivity index (χ1v) is 9.32. The van der Waals surface area contributed by atoms with Crippen molar-refractivity contribution in [3.63, 3.8) is 0 Å². The lowest BCUT2D eigenvalue weighted by atomic mass is 10.1. The third-order valence-corrected chi connectivity index (χ3v) is 5.02. The molecule has 0 unspecified atom stereocenters. The molecule has 1 aromatic carbocycles. The second-order valence-electron chi connectivity index (χ2n) is 5.88. The predicted octanol–water partition coefficient (Wildman–Crippen LogP) is 2.80. The number of nitrogens with two attached hydrogens (primary N) is 1. The number of ketones is 1. The summed E-state index contributed by atoms with van der Waals surface area (Å²) in [7, 11) is 0. The van der Waals surface area contributed by atoms with Crippen LogP contribution in [-0.2, 0) is 0 Å². The number of nitrogens with zero attached hydrogens (tertiary/aromatic N) is 2. The highest BCUT2D eigenvalue weighted by Gasteiger charge is 2.25. The van der Waals surface area contributed by atoms with Gasteiger partial charge in [0.15, 0.2) is 5.01 Å². The Kier molecular flexibility index (Phi) is 6.04. The minimum absolute atomic E-state index is 0.174. The van der Waals surface area contributed by atoms with Gasteiger partial charge in [-0.05, 0) is 50.1 Å². The number of benzene rings is 1. The number of para-hydroxylation sites is 1. The highest BCUT2D eigenvalue weighted by atomic mass is 32.1. The van der Waals surface area contributed by atoms with Gasteiger partial charge < -0.3 is 11.1 Å². The van der Waals surface area contributed by atoms with Crippen molar-refractivity contribution in [1.82, 2.24) is 15.3 Å². The number of thiazole rings is 1. The monoisotopic (exact) mass is 368 g/mol. The maximum atomic E-state index is 13.0. The zero-order chi connectivity index (χ0) is 18.4. The van der Waals surface area contributed by atoms with Crippen LogP contribution < -0.4 is 11.1 Å². The van der Waals surface area contributed by atoms with Gasteiger partial charge in [0.2, 0.25) is 5.78 Å². The molecule has 0 saturated heterocycles. The normalized spacial score (nSPS) is 12.0. The number of fused-ring (bicyclic) bond motifs is 1. The fourth-order valence-corrected chi connectivity index (χ4v) is 3.58. The lowest BCUT2D eigenvalue weighted by molar-refractivity contribution is 0.0848. The predicted molar refractivity (Wildman–Crippen MR) is 102 cm³/mol. The first-order chi connectivity index (χ1) is 12.7. The first-order valence-electron chi connectivity index (χ1n) is 8.51. The summed E-state index contributed by atoms with van der Waals surface area (Å²) in [4.78, 5) is 33.8. The maximum Gasteiger partial charge on any atom is 0.270 e. The SMILES string of the molecule is NCCCC[C@H](NC(=O)c1ccccn1)C(=O)c1nc2ccccc2s1. The van der Waals surface area contributed by atoms with Crippen LogP contribution in [0.5, 0.6) is 0 Å². The molecule has 0 aliphatic heterocycles. The van der Waals surface area contributed by atoms with E-state index < -0.39 is 6.04 Å². The van der Waals surface area contributed by atoms with Crippen LogP contribution in [-0.4, -0.2) is 34.2 Å². The summed E-state index contributed by atoms with van der Waals surface area (Å²) in [5.41, 5.74) is 6.63. The van der Waals surface area contributed by atoms with E-state index in [0.29, 0.717) is 18.0 Å². The molecule has 0 fully saturated rings. The van der Waals surface area contributed by atoms with Gasteiger partial charge in [0, 0.05) is 6.20 Å². The summed E-state index contributed by atoms with van der Waals surface area (Å²) in [6, 6.07) is 12.1. The Morgan fingerprint density at radius 2 is 1.92 bits per heavy atom. The van der Waals surface area contributed by atoms with Crippen molar-refractivity contribution in [1.29, 1.82) is 0 Å². The van der Waals surface area contributed by atoms with Crippen molar-refractivity contribution in [2.45, 2.75) is 25.3 Å². The molecular weight excluding hydrogens is 348 g/mol. The number of amides is 1. The number of hydrogen-bond acceptors (Lipinski definition) is 6. The molecule has 1 atom stereocenters. The van der Waals surface area contributed by atoms with Gasteiger partial charge >= 0.3 is 0 Å². The molecule has 6 nitrogen and oxygen atoms in total. The minimum Gasteiger partial charge on any atom is -0.340 e. The van der Waals surface area contributed by atoms with E-state index in [0.717, 1.165) is 23.1 Å². The van der Waals surface area contributed by atoms with E-state index in [4.69, 9.17) is 5.73 Å². The van der Waals surface area contributed by atoms with E-state index in [9.17, 15) is 9.59 Å². The van der Waals surface area contributed by atoms with Crippen molar-refractivity contribution in [2.24, 2.45) is 5.73 Å². The maximum absolute atomic E-state index is 13.0. The molecule has 2 aromatic heterocycles. The summed E-state index contributed by atoms with van der Waals surface area (Å²) >= 11 is 1.34. The summed E-state index contributed by atoms with van der Waals surface area (Å²) in [6.07, 6.45) is 3.61. The Balaban J connectivity index is 1.80. The Morgan fingerprint density at radius 1 is 1.12 bits per heavy atom. The van der Waals surface area contributed by atoms with Crippen molar-refractivity contribution in [3.05, 3.63) is 59.4 Å². The molecule has 0 radical (unpaired) electrons. The Bertz CT molecular complexity index is 862. The molecular formula is C19H20N4O2S. The van der Waals surface area contributed by atoms with Gasteiger partial charge in [0.05, 0.1) is 16.3 Å². The van der Waals surface area contributed by atoms with Gasteiger partial charge in [-0.2, -0.15) is 0 Å². The molecule has 26 heavy (non-hydrogen) atoms. The Hall–Kier alpha value is -2.64. The van der Waals surface area contributed by atoms with Crippen LogP contribution in [0.25, 0.3) is 10.2 Å². The lowest BCUT2D eigenvalue weighted by Gasteiger charge is -2.16. The molecule has 3 aromatic rings. The van der Waals surface area contributed by atoms with Crippen LogP contribution in [0.1, 0.15) is 39.6 Å². The second-order valence-corrected chi connectivity index (χ2v) is 6.91. The number of carbonyl (C=O) groups excluding carboxylic acids is 2. The van der Waals surface area contributed by atoms with Crippen LogP contribution in [0, 0.1) is 0 Å². The smallest absolute Gasteiger partial charge is 0.270 e. The first kappa shape index (κ1) is 18.2. The van der Waals surface area contributed by atoms with Crippen LogP contribution in [0.2, 0.25) is 0 Å². The largest absolute Gasteiger partial charge is 0.340 e. The highest BCUT2D eigenvalue weighted by Crippen LogP contribution is 2.23. The number of aromatic nitrogens is 2. The van der Waals surface area contributed by atoms with Gasteiger partial charge in [-0.15, -0.1) is 11.3 Å². The fraction of sp³-hybridized carbons (Fsp3) is 0.263. The molecule has 2 heterocycles. The zero-order valence-electron chi connectivity index (χ0n) is 14.2. The molecule has 0 aliphatic rings. The summed E-state index contributed by atoms with van der Waals surface area (Å²) in [5.74, 6) is -0.537. The molecule has 0 bridgehead atoms. The van der Waals surface area contributed by atoms with Gasteiger partial charge in [-0.1, -0.05) is 18.2 Å². The highest BCUT2D eigenvalue weighted by molar-refractivity contribution is 7.20.